The average Bonchev–Trinajstić information content (AvgIpc) is 3.46. The lowest BCUT2D eigenvalue weighted by atomic mass is 10.2. The molecule has 0 radical (unpaired) electrons. The number of aromatic nitrogens is 5. The van der Waals surface area contributed by atoms with Crippen LogP contribution in [0.15, 0.2) is 58.3 Å². The van der Waals surface area contributed by atoms with Gasteiger partial charge in [0.05, 0.1) is 6.26 Å². The number of furan rings is 1. The van der Waals surface area contributed by atoms with Crippen molar-refractivity contribution in [2.75, 3.05) is 11.2 Å². The third-order valence-electron chi connectivity index (χ3n) is 4.25. The molecule has 0 unspecified atom stereocenters. The SMILES string of the molecule is CCCSc1nc(NNC(=S)NCc2ccccc2)c2nnn(Cc3ccco3)c2n1. The number of nitrogens with zero attached hydrogens (tertiary/aromatic N) is 5. The van der Waals surface area contributed by atoms with Crippen LogP contribution in [0.4, 0.5) is 5.82 Å². The van der Waals surface area contributed by atoms with Crippen molar-refractivity contribution >= 4 is 46.1 Å². The van der Waals surface area contributed by atoms with Crippen LogP contribution in [-0.2, 0) is 13.1 Å². The summed E-state index contributed by atoms with van der Waals surface area (Å²) in [6, 6.07) is 13.8. The Balaban J connectivity index is 1.49. The molecule has 0 bridgehead atoms. The van der Waals surface area contributed by atoms with Gasteiger partial charge in [-0.15, -0.1) is 5.10 Å². The van der Waals surface area contributed by atoms with Crippen LogP contribution < -0.4 is 16.2 Å². The first-order chi connectivity index (χ1) is 15.2. The molecule has 0 atom stereocenters. The lowest BCUT2D eigenvalue weighted by Gasteiger charge is -2.13. The highest BCUT2D eigenvalue weighted by molar-refractivity contribution is 7.99. The van der Waals surface area contributed by atoms with E-state index in [2.05, 4.69) is 43.4 Å². The minimum Gasteiger partial charge on any atom is -0.467 e. The van der Waals surface area contributed by atoms with E-state index in [4.69, 9.17) is 16.6 Å². The lowest BCUT2D eigenvalue weighted by molar-refractivity contribution is 0.478. The van der Waals surface area contributed by atoms with Gasteiger partial charge in [-0.2, -0.15) is 0 Å². The summed E-state index contributed by atoms with van der Waals surface area (Å²) in [7, 11) is 0. The molecule has 31 heavy (non-hydrogen) atoms. The Morgan fingerprint density at radius 3 is 2.81 bits per heavy atom. The summed E-state index contributed by atoms with van der Waals surface area (Å²) in [5, 5.41) is 12.7. The zero-order valence-electron chi connectivity index (χ0n) is 16.9. The topological polar surface area (TPSA) is 106 Å². The number of fused-ring (bicyclic) bond motifs is 1. The van der Waals surface area contributed by atoms with E-state index in [1.807, 2.05) is 42.5 Å². The first kappa shape index (κ1) is 21.1. The number of anilines is 1. The monoisotopic (exact) mass is 454 g/mol. The number of rotatable bonds is 9. The van der Waals surface area contributed by atoms with Crippen molar-refractivity contribution in [2.45, 2.75) is 31.6 Å². The predicted molar refractivity (Wildman–Crippen MR) is 125 cm³/mol. The molecule has 0 spiro atoms. The summed E-state index contributed by atoms with van der Waals surface area (Å²) in [5.41, 5.74) is 8.33. The minimum atomic E-state index is 0.433. The lowest BCUT2D eigenvalue weighted by Crippen LogP contribution is -2.38. The van der Waals surface area contributed by atoms with Crippen molar-refractivity contribution in [3.63, 3.8) is 0 Å². The molecule has 0 aliphatic carbocycles. The van der Waals surface area contributed by atoms with E-state index in [9.17, 15) is 0 Å². The molecule has 9 nitrogen and oxygen atoms in total. The fourth-order valence-corrected chi connectivity index (χ4v) is 3.59. The fourth-order valence-electron chi connectivity index (χ4n) is 2.78. The molecule has 1 aromatic carbocycles. The summed E-state index contributed by atoms with van der Waals surface area (Å²) in [4.78, 5) is 9.24. The van der Waals surface area contributed by atoms with Crippen LogP contribution in [0, 0.1) is 0 Å². The zero-order valence-corrected chi connectivity index (χ0v) is 18.5. The Bertz CT molecular complexity index is 1130. The van der Waals surface area contributed by atoms with Crippen LogP contribution in [0.25, 0.3) is 11.2 Å². The highest BCUT2D eigenvalue weighted by Gasteiger charge is 2.16. The molecule has 3 aromatic heterocycles. The van der Waals surface area contributed by atoms with Crippen molar-refractivity contribution in [1.29, 1.82) is 0 Å². The van der Waals surface area contributed by atoms with Crippen LogP contribution in [0.1, 0.15) is 24.7 Å². The Kier molecular flexibility index (Phi) is 6.95. The van der Waals surface area contributed by atoms with E-state index < -0.39 is 0 Å². The van der Waals surface area contributed by atoms with Gasteiger partial charge in [0, 0.05) is 12.3 Å². The number of hydrogen-bond acceptors (Lipinski definition) is 8. The Hall–Kier alpha value is -3.18. The quantitative estimate of drug-likeness (QED) is 0.151. The summed E-state index contributed by atoms with van der Waals surface area (Å²) in [6.07, 6.45) is 2.65. The summed E-state index contributed by atoms with van der Waals surface area (Å²) in [6.45, 7) is 3.17. The van der Waals surface area contributed by atoms with E-state index in [0.29, 0.717) is 40.3 Å². The maximum atomic E-state index is 5.43. The van der Waals surface area contributed by atoms with Crippen LogP contribution in [0.5, 0.6) is 0 Å². The van der Waals surface area contributed by atoms with Crippen LogP contribution >= 0.6 is 24.0 Å². The van der Waals surface area contributed by atoms with Crippen molar-refractivity contribution in [1.82, 2.24) is 35.7 Å². The van der Waals surface area contributed by atoms with Gasteiger partial charge in [0.2, 0.25) is 0 Å². The third kappa shape index (κ3) is 5.50. The Labute approximate surface area is 189 Å². The highest BCUT2D eigenvalue weighted by atomic mass is 32.2. The number of hydrazine groups is 1. The molecule has 160 valence electrons. The number of thiocarbonyl (C=S) groups is 1. The number of hydrogen-bond donors (Lipinski definition) is 3. The first-order valence-electron chi connectivity index (χ1n) is 9.83. The van der Waals surface area contributed by atoms with E-state index in [1.54, 1.807) is 22.7 Å². The maximum absolute atomic E-state index is 5.43. The second-order valence-electron chi connectivity index (χ2n) is 6.62. The fraction of sp³-hybridized carbons (Fsp3) is 0.250. The van der Waals surface area contributed by atoms with Gasteiger partial charge in [-0.1, -0.05) is 54.2 Å². The Morgan fingerprint density at radius 1 is 1.16 bits per heavy atom. The molecule has 0 aliphatic heterocycles. The van der Waals surface area contributed by atoms with Crippen molar-refractivity contribution in [2.24, 2.45) is 0 Å². The van der Waals surface area contributed by atoms with E-state index >= 15 is 0 Å². The molecule has 0 fully saturated rings. The normalized spacial score (nSPS) is 10.9. The zero-order chi connectivity index (χ0) is 21.5. The first-order valence-corrected chi connectivity index (χ1v) is 11.2. The van der Waals surface area contributed by atoms with E-state index in [-0.39, 0.29) is 0 Å². The van der Waals surface area contributed by atoms with Crippen LogP contribution in [-0.4, -0.2) is 35.8 Å². The predicted octanol–water partition coefficient (Wildman–Crippen LogP) is 3.36. The molecular weight excluding hydrogens is 432 g/mol. The summed E-state index contributed by atoms with van der Waals surface area (Å²) < 4.78 is 7.13. The van der Waals surface area contributed by atoms with Crippen molar-refractivity contribution in [3.05, 3.63) is 60.1 Å². The average molecular weight is 455 g/mol. The molecule has 0 aliphatic rings. The van der Waals surface area contributed by atoms with E-state index in [0.717, 1.165) is 23.5 Å². The number of benzene rings is 1. The summed E-state index contributed by atoms with van der Waals surface area (Å²) >= 11 is 6.95. The standard InChI is InChI=1S/C20H22N8OS2/c1-2-11-31-20-22-17(25-26-19(30)21-12-14-7-4-3-5-8-14)16-18(23-20)28(27-24-16)13-15-9-6-10-29-15/h3-10H,2,11-13H2,1H3,(H2,21,26,30)(H,22,23,25). The molecule has 0 saturated heterocycles. The van der Waals surface area contributed by atoms with Gasteiger partial charge < -0.3 is 9.73 Å². The largest absolute Gasteiger partial charge is 0.467 e. The second-order valence-corrected chi connectivity index (χ2v) is 8.09. The molecule has 0 saturated carbocycles. The van der Waals surface area contributed by atoms with Gasteiger partial charge in [-0.25, -0.2) is 14.6 Å². The number of thioether (sulfide) groups is 1. The molecule has 3 N–H and O–H groups in total. The Morgan fingerprint density at radius 2 is 2.03 bits per heavy atom. The molecule has 4 rings (SSSR count). The third-order valence-corrected chi connectivity index (χ3v) is 5.55. The van der Waals surface area contributed by atoms with Crippen LogP contribution in [0.2, 0.25) is 0 Å². The molecule has 3 heterocycles. The van der Waals surface area contributed by atoms with Gasteiger partial charge in [-0.05, 0) is 36.3 Å². The second kappa shape index (κ2) is 10.2. The smallest absolute Gasteiger partial charge is 0.191 e. The molecular formula is C20H22N8OS2. The minimum absolute atomic E-state index is 0.433. The van der Waals surface area contributed by atoms with Gasteiger partial charge in [0.15, 0.2) is 27.3 Å². The molecule has 0 amide bonds. The van der Waals surface area contributed by atoms with E-state index in [1.165, 1.54) is 0 Å². The van der Waals surface area contributed by atoms with Gasteiger partial charge in [-0.3, -0.25) is 10.9 Å². The molecule has 4 aromatic rings. The van der Waals surface area contributed by atoms with Crippen molar-refractivity contribution < 1.29 is 4.42 Å². The van der Waals surface area contributed by atoms with Crippen molar-refractivity contribution in [3.8, 4) is 0 Å². The molecule has 11 heteroatoms. The van der Waals surface area contributed by atoms with Gasteiger partial charge >= 0.3 is 0 Å². The highest BCUT2D eigenvalue weighted by Crippen LogP contribution is 2.23. The number of nitrogens with one attached hydrogen (secondary N) is 3. The van der Waals surface area contributed by atoms with Crippen LogP contribution in [0.3, 0.4) is 0 Å². The van der Waals surface area contributed by atoms with Gasteiger partial charge in [0.1, 0.15) is 12.3 Å². The maximum Gasteiger partial charge on any atom is 0.191 e. The van der Waals surface area contributed by atoms with Gasteiger partial charge in [0.25, 0.3) is 0 Å². The summed E-state index contributed by atoms with van der Waals surface area (Å²) in [5.74, 6) is 2.19.